The van der Waals surface area contributed by atoms with Crippen molar-refractivity contribution in [1.82, 2.24) is 10.2 Å². The molecule has 6 heteroatoms. The molecule has 5 nitrogen and oxygen atoms in total. The van der Waals surface area contributed by atoms with Gasteiger partial charge in [0, 0.05) is 19.5 Å². The molecular formula is C18H25FN2O3. The molecule has 2 unspecified atom stereocenters. The average Bonchev–Trinajstić information content (AvgIpc) is 2.55. The number of carboxylic acid groups (broad SMARTS) is 1. The number of nitrogens with one attached hydrogen (secondary N) is 1. The normalized spacial score (nSPS) is 19.7. The third-order valence-corrected chi connectivity index (χ3v) is 4.57. The number of carbonyl (C=O) groups is 2. The van der Waals surface area contributed by atoms with Gasteiger partial charge in [-0.3, -0.25) is 14.5 Å². The Balaban J connectivity index is 1.76. The van der Waals surface area contributed by atoms with Gasteiger partial charge in [0.15, 0.2) is 0 Å². The smallest absolute Gasteiger partial charge is 0.303 e. The summed E-state index contributed by atoms with van der Waals surface area (Å²) in [6, 6.07) is 5.99. The van der Waals surface area contributed by atoms with Crippen molar-refractivity contribution in [2.24, 2.45) is 5.92 Å². The number of carbonyl (C=O) groups excluding carboxylic acids is 1. The molecule has 132 valence electrons. The molecule has 1 saturated heterocycles. The van der Waals surface area contributed by atoms with E-state index in [1.54, 1.807) is 12.1 Å². The molecule has 1 heterocycles. The Hall–Kier alpha value is -1.95. The number of hydrogen-bond acceptors (Lipinski definition) is 3. The standard InChI is InChI=1S/C18H25FN2O3/c1-13(21-10-2-3-15(12-21)11-17(22)23)18(24)20-9-8-14-4-6-16(19)7-5-14/h4-7,13,15H,2-3,8-12H2,1H3,(H,20,24)(H,22,23). The molecule has 1 aliphatic rings. The second kappa shape index (κ2) is 8.78. The molecular weight excluding hydrogens is 311 g/mol. The van der Waals surface area contributed by atoms with Crippen molar-refractivity contribution in [2.75, 3.05) is 19.6 Å². The summed E-state index contributed by atoms with van der Waals surface area (Å²) in [6.45, 7) is 3.83. The van der Waals surface area contributed by atoms with Crippen LogP contribution in [0.3, 0.4) is 0 Å². The summed E-state index contributed by atoms with van der Waals surface area (Å²) in [6.07, 6.45) is 2.64. The molecule has 1 aromatic rings. The van der Waals surface area contributed by atoms with Crippen LogP contribution < -0.4 is 5.32 Å². The fraction of sp³-hybridized carbons (Fsp3) is 0.556. The molecule has 2 rings (SSSR count). The van der Waals surface area contributed by atoms with E-state index in [4.69, 9.17) is 5.11 Å². The topological polar surface area (TPSA) is 69.6 Å². The van der Waals surface area contributed by atoms with Crippen LogP contribution in [0.2, 0.25) is 0 Å². The first-order valence-electron chi connectivity index (χ1n) is 8.43. The number of likely N-dealkylation sites (tertiary alicyclic amines) is 1. The Labute approximate surface area is 141 Å². The number of amides is 1. The molecule has 0 aliphatic carbocycles. The van der Waals surface area contributed by atoms with Crippen molar-refractivity contribution >= 4 is 11.9 Å². The van der Waals surface area contributed by atoms with Gasteiger partial charge in [-0.05, 0) is 56.3 Å². The van der Waals surface area contributed by atoms with E-state index in [9.17, 15) is 14.0 Å². The van der Waals surface area contributed by atoms with Crippen molar-refractivity contribution in [3.8, 4) is 0 Å². The van der Waals surface area contributed by atoms with Crippen LogP contribution in [0.4, 0.5) is 4.39 Å². The number of carboxylic acids is 1. The maximum Gasteiger partial charge on any atom is 0.303 e. The Morgan fingerprint density at radius 2 is 2.08 bits per heavy atom. The Morgan fingerprint density at radius 3 is 2.75 bits per heavy atom. The number of hydrogen-bond donors (Lipinski definition) is 2. The summed E-state index contributed by atoms with van der Waals surface area (Å²) >= 11 is 0. The van der Waals surface area contributed by atoms with Crippen molar-refractivity contribution in [3.63, 3.8) is 0 Å². The number of benzene rings is 1. The zero-order chi connectivity index (χ0) is 17.5. The molecule has 1 aromatic carbocycles. The van der Waals surface area contributed by atoms with Crippen LogP contribution in [0, 0.1) is 11.7 Å². The monoisotopic (exact) mass is 336 g/mol. The molecule has 0 aromatic heterocycles. The highest BCUT2D eigenvalue weighted by Crippen LogP contribution is 2.21. The van der Waals surface area contributed by atoms with Crippen molar-refractivity contribution < 1.29 is 19.1 Å². The lowest BCUT2D eigenvalue weighted by atomic mass is 9.94. The molecule has 1 fully saturated rings. The summed E-state index contributed by atoms with van der Waals surface area (Å²) < 4.78 is 12.8. The van der Waals surface area contributed by atoms with Crippen molar-refractivity contribution in [1.29, 1.82) is 0 Å². The molecule has 24 heavy (non-hydrogen) atoms. The minimum absolute atomic E-state index is 0.0481. The Kier molecular flexibility index (Phi) is 6.73. The highest BCUT2D eigenvalue weighted by atomic mass is 19.1. The summed E-state index contributed by atoms with van der Waals surface area (Å²) in [5, 5.41) is 11.8. The zero-order valence-corrected chi connectivity index (χ0v) is 14.0. The Morgan fingerprint density at radius 1 is 1.38 bits per heavy atom. The van der Waals surface area contributed by atoms with Gasteiger partial charge in [0.25, 0.3) is 0 Å². The number of halogens is 1. The Bertz CT molecular complexity index is 562. The molecule has 1 amide bonds. The highest BCUT2D eigenvalue weighted by molar-refractivity contribution is 5.81. The van der Waals surface area contributed by atoms with Gasteiger partial charge in [0.1, 0.15) is 5.82 Å². The van der Waals surface area contributed by atoms with Crippen LogP contribution in [0.25, 0.3) is 0 Å². The van der Waals surface area contributed by atoms with Gasteiger partial charge in [-0.25, -0.2) is 4.39 Å². The van der Waals surface area contributed by atoms with E-state index < -0.39 is 5.97 Å². The van der Waals surface area contributed by atoms with Crippen LogP contribution in [-0.4, -0.2) is 47.6 Å². The largest absolute Gasteiger partial charge is 0.481 e. The predicted molar refractivity (Wildman–Crippen MR) is 89.1 cm³/mol. The molecule has 0 bridgehead atoms. The minimum Gasteiger partial charge on any atom is -0.481 e. The van der Waals surface area contributed by atoms with Crippen LogP contribution in [0.5, 0.6) is 0 Å². The van der Waals surface area contributed by atoms with E-state index in [0.29, 0.717) is 19.5 Å². The van der Waals surface area contributed by atoms with Crippen molar-refractivity contribution in [2.45, 2.75) is 38.6 Å². The summed E-state index contributed by atoms with van der Waals surface area (Å²) in [5.41, 5.74) is 0.976. The van der Waals surface area contributed by atoms with E-state index in [1.165, 1.54) is 12.1 Å². The second-order valence-corrected chi connectivity index (χ2v) is 6.44. The lowest BCUT2D eigenvalue weighted by Crippen LogP contribution is -2.49. The van der Waals surface area contributed by atoms with Gasteiger partial charge in [-0.2, -0.15) is 0 Å². The second-order valence-electron chi connectivity index (χ2n) is 6.44. The first-order valence-corrected chi connectivity index (χ1v) is 8.43. The first kappa shape index (κ1) is 18.4. The third-order valence-electron chi connectivity index (χ3n) is 4.57. The van der Waals surface area contributed by atoms with Gasteiger partial charge in [-0.1, -0.05) is 12.1 Å². The molecule has 1 aliphatic heterocycles. The van der Waals surface area contributed by atoms with Crippen molar-refractivity contribution in [3.05, 3.63) is 35.6 Å². The SMILES string of the molecule is CC(C(=O)NCCc1ccc(F)cc1)N1CCCC(CC(=O)O)C1. The third kappa shape index (κ3) is 5.60. The van der Waals surface area contributed by atoms with E-state index in [-0.39, 0.29) is 30.1 Å². The van der Waals surface area contributed by atoms with Gasteiger partial charge in [-0.15, -0.1) is 0 Å². The number of rotatable bonds is 7. The lowest BCUT2D eigenvalue weighted by Gasteiger charge is -2.35. The molecule has 0 spiro atoms. The predicted octanol–water partition coefficient (Wildman–Crippen LogP) is 2.06. The van der Waals surface area contributed by atoms with Crippen LogP contribution in [0.1, 0.15) is 31.7 Å². The fourth-order valence-electron chi connectivity index (χ4n) is 3.16. The summed E-state index contributed by atoms with van der Waals surface area (Å²) in [5.74, 6) is -0.977. The fourth-order valence-corrected chi connectivity index (χ4v) is 3.16. The first-order chi connectivity index (χ1) is 11.5. The molecule has 0 saturated carbocycles. The lowest BCUT2D eigenvalue weighted by molar-refractivity contribution is -0.138. The van der Waals surface area contributed by atoms with E-state index in [1.807, 2.05) is 6.92 Å². The number of piperidine rings is 1. The van der Waals surface area contributed by atoms with Crippen LogP contribution >= 0.6 is 0 Å². The zero-order valence-electron chi connectivity index (χ0n) is 14.0. The van der Waals surface area contributed by atoms with Gasteiger partial charge in [0.2, 0.25) is 5.91 Å². The number of aliphatic carboxylic acids is 1. The van der Waals surface area contributed by atoms with Gasteiger partial charge in [0.05, 0.1) is 6.04 Å². The van der Waals surface area contributed by atoms with Crippen LogP contribution in [0.15, 0.2) is 24.3 Å². The minimum atomic E-state index is -0.779. The van der Waals surface area contributed by atoms with Gasteiger partial charge < -0.3 is 10.4 Å². The quantitative estimate of drug-likeness (QED) is 0.800. The maximum atomic E-state index is 12.8. The maximum absolute atomic E-state index is 12.8. The molecule has 0 radical (unpaired) electrons. The highest BCUT2D eigenvalue weighted by Gasteiger charge is 2.28. The number of nitrogens with zero attached hydrogens (tertiary/aromatic N) is 1. The van der Waals surface area contributed by atoms with E-state index >= 15 is 0 Å². The average molecular weight is 336 g/mol. The summed E-state index contributed by atoms with van der Waals surface area (Å²) in [4.78, 5) is 25.2. The van der Waals surface area contributed by atoms with E-state index in [0.717, 1.165) is 24.9 Å². The van der Waals surface area contributed by atoms with E-state index in [2.05, 4.69) is 10.2 Å². The van der Waals surface area contributed by atoms with Crippen LogP contribution in [-0.2, 0) is 16.0 Å². The summed E-state index contributed by atoms with van der Waals surface area (Å²) in [7, 11) is 0. The molecule has 2 atom stereocenters. The molecule has 2 N–H and O–H groups in total. The van der Waals surface area contributed by atoms with Gasteiger partial charge >= 0.3 is 5.97 Å².